The number of rotatable bonds is 5. The third-order valence-electron chi connectivity index (χ3n) is 3.28. The molecule has 94 valence electrons. The summed E-state index contributed by atoms with van der Waals surface area (Å²) in [6.45, 7) is 1.33. The first kappa shape index (κ1) is 12.6. The summed E-state index contributed by atoms with van der Waals surface area (Å²) in [7, 11) is 1.65. The average Bonchev–Trinajstić information content (AvgIpc) is 2.97. The summed E-state index contributed by atoms with van der Waals surface area (Å²) in [5.41, 5.74) is 0.987. The highest BCUT2D eigenvalue weighted by atomic mass is 32.1. The highest BCUT2D eigenvalue weighted by Crippen LogP contribution is 2.24. The Labute approximate surface area is 106 Å². The molecule has 0 aromatic carbocycles. The van der Waals surface area contributed by atoms with Crippen LogP contribution in [0.25, 0.3) is 0 Å². The van der Waals surface area contributed by atoms with Crippen molar-refractivity contribution in [2.45, 2.75) is 32.3 Å². The maximum atomic E-state index is 12.0. The van der Waals surface area contributed by atoms with E-state index in [4.69, 9.17) is 4.74 Å². The summed E-state index contributed by atoms with van der Waals surface area (Å²) in [5, 5.41) is 4.99. The summed E-state index contributed by atoms with van der Waals surface area (Å²) >= 11 is 1.49. The standard InChI is InChI=1S/C13H19NO2S/c1-16-9-11-6-7-17-12(11)13(15)14-8-10-4-2-3-5-10/h6-7,10H,2-5,8-9H2,1H3,(H,14,15). The molecule has 0 radical (unpaired) electrons. The molecule has 0 saturated heterocycles. The van der Waals surface area contributed by atoms with Gasteiger partial charge in [-0.2, -0.15) is 0 Å². The Kier molecular flexibility index (Phi) is 4.57. The monoisotopic (exact) mass is 253 g/mol. The van der Waals surface area contributed by atoms with Crippen LogP contribution >= 0.6 is 11.3 Å². The number of nitrogens with one attached hydrogen (secondary N) is 1. The van der Waals surface area contributed by atoms with Crippen molar-refractivity contribution in [1.29, 1.82) is 0 Å². The summed E-state index contributed by atoms with van der Waals surface area (Å²) in [6, 6.07) is 1.96. The highest BCUT2D eigenvalue weighted by Gasteiger charge is 2.18. The van der Waals surface area contributed by atoms with Crippen molar-refractivity contribution in [1.82, 2.24) is 5.32 Å². The number of carbonyl (C=O) groups is 1. The topological polar surface area (TPSA) is 38.3 Å². The van der Waals surface area contributed by atoms with Gasteiger partial charge in [0, 0.05) is 19.2 Å². The van der Waals surface area contributed by atoms with Gasteiger partial charge in [0.15, 0.2) is 0 Å². The van der Waals surface area contributed by atoms with Gasteiger partial charge >= 0.3 is 0 Å². The van der Waals surface area contributed by atoms with Crippen LogP contribution in [0, 0.1) is 5.92 Å². The zero-order chi connectivity index (χ0) is 12.1. The van der Waals surface area contributed by atoms with Gasteiger partial charge in [-0.25, -0.2) is 0 Å². The summed E-state index contributed by atoms with van der Waals surface area (Å²) in [4.78, 5) is 12.8. The summed E-state index contributed by atoms with van der Waals surface area (Å²) in [5.74, 6) is 0.740. The van der Waals surface area contributed by atoms with E-state index in [0.717, 1.165) is 17.0 Å². The molecule has 1 aliphatic rings. The molecule has 0 bridgehead atoms. The van der Waals surface area contributed by atoms with E-state index in [0.29, 0.717) is 12.5 Å². The van der Waals surface area contributed by atoms with Crippen molar-refractivity contribution >= 4 is 17.2 Å². The molecule has 0 spiro atoms. The molecular weight excluding hydrogens is 234 g/mol. The molecule has 1 saturated carbocycles. The highest BCUT2D eigenvalue weighted by molar-refractivity contribution is 7.12. The molecule has 17 heavy (non-hydrogen) atoms. The molecule has 1 aliphatic carbocycles. The van der Waals surface area contributed by atoms with Crippen LogP contribution in [-0.4, -0.2) is 19.6 Å². The lowest BCUT2D eigenvalue weighted by Crippen LogP contribution is -2.28. The van der Waals surface area contributed by atoms with Crippen LogP contribution in [0.1, 0.15) is 40.9 Å². The molecule has 0 unspecified atom stereocenters. The van der Waals surface area contributed by atoms with E-state index in [1.807, 2.05) is 11.4 Å². The minimum atomic E-state index is 0.0546. The number of ether oxygens (including phenoxy) is 1. The number of thiophene rings is 1. The van der Waals surface area contributed by atoms with E-state index in [-0.39, 0.29) is 5.91 Å². The smallest absolute Gasteiger partial charge is 0.261 e. The molecule has 0 atom stereocenters. The number of carbonyl (C=O) groups excluding carboxylic acids is 1. The van der Waals surface area contributed by atoms with E-state index in [1.54, 1.807) is 7.11 Å². The Balaban J connectivity index is 1.87. The number of hydrogen-bond donors (Lipinski definition) is 1. The largest absolute Gasteiger partial charge is 0.380 e. The van der Waals surface area contributed by atoms with Crippen molar-refractivity contribution in [3.63, 3.8) is 0 Å². The van der Waals surface area contributed by atoms with Gasteiger partial charge in [0.1, 0.15) is 0 Å². The second kappa shape index (κ2) is 6.17. The quantitative estimate of drug-likeness (QED) is 0.876. The molecule has 1 N–H and O–H groups in total. The lowest BCUT2D eigenvalue weighted by molar-refractivity contribution is 0.0947. The molecule has 1 heterocycles. The Hall–Kier alpha value is -0.870. The van der Waals surface area contributed by atoms with Crippen LogP contribution in [0.5, 0.6) is 0 Å². The van der Waals surface area contributed by atoms with Crippen molar-refractivity contribution < 1.29 is 9.53 Å². The van der Waals surface area contributed by atoms with Crippen LogP contribution in [0.3, 0.4) is 0 Å². The molecule has 4 heteroatoms. The Morgan fingerprint density at radius 1 is 1.53 bits per heavy atom. The molecule has 1 fully saturated rings. The van der Waals surface area contributed by atoms with Crippen molar-refractivity contribution in [3.05, 3.63) is 21.9 Å². The first-order valence-electron chi connectivity index (χ1n) is 6.14. The van der Waals surface area contributed by atoms with Gasteiger partial charge in [0.2, 0.25) is 0 Å². The van der Waals surface area contributed by atoms with Crippen molar-refractivity contribution in [2.75, 3.05) is 13.7 Å². The van der Waals surface area contributed by atoms with Crippen molar-refractivity contribution in [2.24, 2.45) is 5.92 Å². The second-order valence-corrected chi connectivity index (χ2v) is 5.48. The molecule has 1 amide bonds. The van der Waals surface area contributed by atoms with Gasteiger partial charge in [-0.15, -0.1) is 11.3 Å². The summed E-state index contributed by atoms with van der Waals surface area (Å²) in [6.07, 6.45) is 5.15. The van der Waals surface area contributed by atoms with E-state index in [2.05, 4.69) is 5.32 Å². The molecule has 2 rings (SSSR count). The number of amides is 1. The minimum Gasteiger partial charge on any atom is -0.380 e. The second-order valence-electron chi connectivity index (χ2n) is 4.57. The average molecular weight is 253 g/mol. The van der Waals surface area contributed by atoms with Gasteiger partial charge in [-0.3, -0.25) is 4.79 Å². The third kappa shape index (κ3) is 3.30. The van der Waals surface area contributed by atoms with Crippen LogP contribution < -0.4 is 5.32 Å². The van der Waals surface area contributed by atoms with Crippen LogP contribution in [-0.2, 0) is 11.3 Å². The SMILES string of the molecule is COCc1ccsc1C(=O)NCC1CCCC1. The lowest BCUT2D eigenvalue weighted by Gasteiger charge is -2.10. The summed E-state index contributed by atoms with van der Waals surface area (Å²) < 4.78 is 5.08. The predicted molar refractivity (Wildman–Crippen MR) is 69.3 cm³/mol. The zero-order valence-corrected chi connectivity index (χ0v) is 11.0. The lowest BCUT2D eigenvalue weighted by atomic mass is 10.1. The molecular formula is C13H19NO2S. The van der Waals surface area contributed by atoms with Crippen LogP contribution in [0.15, 0.2) is 11.4 Å². The number of hydrogen-bond acceptors (Lipinski definition) is 3. The maximum Gasteiger partial charge on any atom is 0.261 e. The fraction of sp³-hybridized carbons (Fsp3) is 0.615. The fourth-order valence-electron chi connectivity index (χ4n) is 2.34. The van der Waals surface area contributed by atoms with Gasteiger partial charge in [0.05, 0.1) is 11.5 Å². The Bertz CT molecular complexity index is 369. The maximum absolute atomic E-state index is 12.0. The normalized spacial score (nSPS) is 16.3. The molecule has 0 aliphatic heterocycles. The van der Waals surface area contributed by atoms with Crippen molar-refractivity contribution in [3.8, 4) is 0 Å². The molecule has 3 nitrogen and oxygen atoms in total. The first-order chi connectivity index (χ1) is 8.31. The first-order valence-corrected chi connectivity index (χ1v) is 7.02. The van der Waals surface area contributed by atoms with Gasteiger partial charge < -0.3 is 10.1 Å². The third-order valence-corrected chi connectivity index (χ3v) is 4.23. The van der Waals surface area contributed by atoms with Gasteiger partial charge in [-0.05, 0) is 30.2 Å². The van der Waals surface area contributed by atoms with Gasteiger partial charge in [-0.1, -0.05) is 12.8 Å². The fourth-order valence-corrected chi connectivity index (χ4v) is 3.16. The molecule has 1 aromatic rings. The Morgan fingerprint density at radius 3 is 3.00 bits per heavy atom. The molecule has 1 aromatic heterocycles. The van der Waals surface area contributed by atoms with E-state index in [9.17, 15) is 4.79 Å². The van der Waals surface area contributed by atoms with E-state index >= 15 is 0 Å². The van der Waals surface area contributed by atoms with E-state index in [1.165, 1.54) is 37.0 Å². The zero-order valence-electron chi connectivity index (χ0n) is 10.2. The van der Waals surface area contributed by atoms with Crippen LogP contribution in [0.4, 0.5) is 0 Å². The predicted octanol–water partition coefficient (Wildman–Crippen LogP) is 2.81. The van der Waals surface area contributed by atoms with E-state index < -0.39 is 0 Å². The minimum absolute atomic E-state index is 0.0546. The Morgan fingerprint density at radius 2 is 2.29 bits per heavy atom. The number of methoxy groups -OCH3 is 1. The van der Waals surface area contributed by atoms with Crippen LogP contribution in [0.2, 0.25) is 0 Å². The van der Waals surface area contributed by atoms with Gasteiger partial charge in [0.25, 0.3) is 5.91 Å².